The zero-order chi connectivity index (χ0) is 12.8. The molecule has 0 saturated carbocycles. The minimum atomic E-state index is 0.623. The maximum atomic E-state index is 5.58. The van der Waals surface area contributed by atoms with Crippen LogP contribution in [0, 0.1) is 0 Å². The van der Waals surface area contributed by atoms with E-state index < -0.39 is 0 Å². The maximum absolute atomic E-state index is 5.58. The molecule has 0 spiro atoms. The van der Waals surface area contributed by atoms with Crippen LogP contribution in [0.4, 0.5) is 0 Å². The maximum Gasteiger partial charge on any atom is 0.0870 e. The lowest BCUT2D eigenvalue weighted by Gasteiger charge is -2.34. The van der Waals surface area contributed by atoms with Gasteiger partial charge in [-0.1, -0.05) is 12.2 Å². The summed E-state index contributed by atoms with van der Waals surface area (Å²) in [7, 11) is 0. The molecule has 0 aromatic carbocycles. The second-order valence-corrected chi connectivity index (χ2v) is 6.01. The second kappa shape index (κ2) is 7.38. The summed E-state index contributed by atoms with van der Waals surface area (Å²) < 4.78 is 0. The zero-order valence-corrected chi connectivity index (χ0v) is 12.1. The SMILES string of the molecule is NC(=S)CN1CCN(CCCN2CCCC2)CC1. The van der Waals surface area contributed by atoms with Crippen molar-refractivity contribution in [1.29, 1.82) is 0 Å². The highest BCUT2D eigenvalue weighted by atomic mass is 32.1. The minimum Gasteiger partial charge on any atom is -0.392 e. The molecule has 2 N–H and O–H groups in total. The first-order valence-corrected chi connectivity index (χ1v) is 7.60. The fourth-order valence-electron chi connectivity index (χ4n) is 2.92. The highest BCUT2D eigenvalue weighted by Gasteiger charge is 2.17. The number of rotatable bonds is 6. The highest BCUT2D eigenvalue weighted by Crippen LogP contribution is 2.08. The zero-order valence-electron chi connectivity index (χ0n) is 11.3. The molecule has 0 bridgehead atoms. The number of nitrogens with zero attached hydrogens (tertiary/aromatic N) is 3. The minimum absolute atomic E-state index is 0.623. The van der Waals surface area contributed by atoms with E-state index in [2.05, 4.69) is 14.7 Å². The first kappa shape index (κ1) is 14.2. The number of hydrogen-bond acceptors (Lipinski definition) is 4. The van der Waals surface area contributed by atoms with Crippen molar-refractivity contribution < 1.29 is 0 Å². The van der Waals surface area contributed by atoms with Gasteiger partial charge in [0.1, 0.15) is 0 Å². The summed E-state index contributed by atoms with van der Waals surface area (Å²) in [6.45, 7) is 10.5. The first-order valence-electron chi connectivity index (χ1n) is 7.19. The standard InChI is InChI=1S/C13H26N4S/c14-13(18)12-17-10-8-16(9-11-17)7-3-6-15-4-1-2-5-15/h1-12H2,(H2,14,18). The molecule has 0 unspecified atom stereocenters. The van der Waals surface area contributed by atoms with Crippen LogP contribution in [-0.2, 0) is 0 Å². The number of thiocarbonyl (C=S) groups is 1. The van der Waals surface area contributed by atoms with Gasteiger partial charge in [-0.3, -0.25) is 4.90 Å². The van der Waals surface area contributed by atoms with Crippen LogP contribution < -0.4 is 5.73 Å². The third-order valence-electron chi connectivity index (χ3n) is 3.99. The van der Waals surface area contributed by atoms with Crippen LogP contribution in [0.2, 0.25) is 0 Å². The van der Waals surface area contributed by atoms with Crippen molar-refractivity contribution >= 4 is 17.2 Å². The molecule has 0 aromatic heterocycles. The van der Waals surface area contributed by atoms with Crippen LogP contribution in [0.1, 0.15) is 19.3 Å². The second-order valence-electron chi connectivity index (χ2n) is 5.49. The van der Waals surface area contributed by atoms with E-state index in [-0.39, 0.29) is 0 Å². The van der Waals surface area contributed by atoms with Crippen molar-refractivity contribution in [3.8, 4) is 0 Å². The Kier molecular flexibility index (Phi) is 5.82. The Morgan fingerprint density at radius 3 is 1.89 bits per heavy atom. The molecule has 2 heterocycles. The van der Waals surface area contributed by atoms with Crippen molar-refractivity contribution in [3.05, 3.63) is 0 Å². The molecule has 4 nitrogen and oxygen atoms in total. The third-order valence-corrected chi connectivity index (χ3v) is 4.12. The van der Waals surface area contributed by atoms with E-state index in [1.807, 2.05) is 0 Å². The highest BCUT2D eigenvalue weighted by molar-refractivity contribution is 7.80. The average Bonchev–Trinajstić information content (AvgIpc) is 2.84. The molecular formula is C13H26N4S. The Morgan fingerprint density at radius 2 is 1.33 bits per heavy atom. The first-order chi connectivity index (χ1) is 8.74. The lowest BCUT2D eigenvalue weighted by atomic mass is 10.3. The van der Waals surface area contributed by atoms with Gasteiger partial charge in [-0.25, -0.2) is 0 Å². The van der Waals surface area contributed by atoms with Gasteiger partial charge in [-0.15, -0.1) is 0 Å². The van der Waals surface area contributed by atoms with E-state index in [9.17, 15) is 0 Å². The third kappa shape index (κ3) is 4.80. The molecular weight excluding hydrogens is 244 g/mol. The molecule has 2 saturated heterocycles. The molecule has 104 valence electrons. The molecule has 0 amide bonds. The fraction of sp³-hybridized carbons (Fsp3) is 0.923. The van der Waals surface area contributed by atoms with Crippen LogP contribution in [0.15, 0.2) is 0 Å². The normalized spacial score (nSPS) is 23.6. The molecule has 18 heavy (non-hydrogen) atoms. The number of likely N-dealkylation sites (tertiary alicyclic amines) is 1. The molecule has 0 aromatic rings. The number of nitrogens with two attached hydrogens (primary N) is 1. The summed E-state index contributed by atoms with van der Waals surface area (Å²) >= 11 is 4.95. The van der Waals surface area contributed by atoms with Crippen molar-refractivity contribution in [2.75, 3.05) is 58.9 Å². The molecule has 0 aliphatic carbocycles. The predicted molar refractivity (Wildman–Crippen MR) is 80.0 cm³/mol. The van der Waals surface area contributed by atoms with Gasteiger partial charge in [0.05, 0.1) is 4.99 Å². The predicted octanol–water partition coefficient (Wildman–Crippen LogP) is 0.376. The Labute approximate surface area is 116 Å². The van der Waals surface area contributed by atoms with Gasteiger partial charge < -0.3 is 15.5 Å². The Balaban J connectivity index is 1.54. The summed E-state index contributed by atoms with van der Waals surface area (Å²) in [5.74, 6) is 0. The van der Waals surface area contributed by atoms with Crippen molar-refractivity contribution in [2.45, 2.75) is 19.3 Å². The Morgan fingerprint density at radius 1 is 0.833 bits per heavy atom. The number of piperazine rings is 1. The van der Waals surface area contributed by atoms with E-state index in [0.29, 0.717) is 4.99 Å². The van der Waals surface area contributed by atoms with Gasteiger partial charge in [0.2, 0.25) is 0 Å². The van der Waals surface area contributed by atoms with Gasteiger partial charge >= 0.3 is 0 Å². The van der Waals surface area contributed by atoms with Crippen LogP contribution in [0.5, 0.6) is 0 Å². The summed E-state index contributed by atoms with van der Waals surface area (Å²) in [5, 5.41) is 0. The van der Waals surface area contributed by atoms with E-state index >= 15 is 0 Å². The molecule has 2 fully saturated rings. The molecule has 0 atom stereocenters. The van der Waals surface area contributed by atoms with Gasteiger partial charge in [-0.2, -0.15) is 0 Å². The van der Waals surface area contributed by atoms with Crippen LogP contribution >= 0.6 is 12.2 Å². The lowest BCUT2D eigenvalue weighted by Crippen LogP contribution is -2.48. The van der Waals surface area contributed by atoms with Crippen LogP contribution in [0.3, 0.4) is 0 Å². The van der Waals surface area contributed by atoms with Gasteiger partial charge in [0.15, 0.2) is 0 Å². The molecule has 2 aliphatic rings. The number of hydrogen-bond donors (Lipinski definition) is 1. The van der Waals surface area contributed by atoms with Gasteiger partial charge in [0, 0.05) is 32.7 Å². The van der Waals surface area contributed by atoms with Crippen LogP contribution in [0.25, 0.3) is 0 Å². The van der Waals surface area contributed by atoms with Crippen molar-refractivity contribution in [3.63, 3.8) is 0 Å². The molecule has 2 aliphatic heterocycles. The van der Waals surface area contributed by atoms with Crippen molar-refractivity contribution in [2.24, 2.45) is 5.73 Å². The van der Waals surface area contributed by atoms with E-state index in [1.165, 1.54) is 58.5 Å². The molecule has 2 rings (SSSR count). The summed E-state index contributed by atoms with van der Waals surface area (Å²) in [6, 6.07) is 0. The van der Waals surface area contributed by atoms with Gasteiger partial charge in [0.25, 0.3) is 0 Å². The molecule has 5 heteroatoms. The quantitative estimate of drug-likeness (QED) is 0.706. The molecule has 0 radical (unpaired) electrons. The lowest BCUT2D eigenvalue weighted by molar-refractivity contribution is 0.140. The van der Waals surface area contributed by atoms with E-state index in [0.717, 1.165) is 19.6 Å². The van der Waals surface area contributed by atoms with E-state index in [1.54, 1.807) is 0 Å². The average molecular weight is 270 g/mol. The topological polar surface area (TPSA) is 35.7 Å². The van der Waals surface area contributed by atoms with Crippen LogP contribution in [-0.4, -0.2) is 78.6 Å². The summed E-state index contributed by atoms with van der Waals surface area (Å²) in [6.07, 6.45) is 4.12. The van der Waals surface area contributed by atoms with E-state index in [4.69, 9.17) is 18.0 Å². The monoisotopic (exact) mass is 270 g/mol. The smallest absolute Gasteiger partial charge is 0.0870 e. The van der Waals surface area contributed by atoms with Gasteiger partial charge in [-0.05, 0) is 45.4 Å². The Bertz CT molecular complexity index is 258. The Hall–Kier alpha value is -0.230. The van der Waals surface area contributed by atoms with Crippen molar-refractivity contribution in [1.82, 2.24) is 14.7 Å². The summed E-state index contributed by atoms with van der Waals surface area (Å²) in [5.41, 5.74) is 5.58. The largest absolute Gasteiger partial charge is 0.392 e. The fourth-order valence-corrected chi connectivity index (χ4v) is 3.10. The summed E-state index contributed by atoms with van der Waals surface area (Å²) in [4.78, 5) is 8.16.